The minimum Gasteiger partial charge on any atom is -0.379 e. The lowest BCUT2D eigenvalue weighted by molar-refractivity contribution is 0.0592. The van der Waals surface area contributed by atoms with Crippen LogP contribution in [0.25, 0.3) is 0 Å². The van der Waals surface area contributed by atoms with Gasteiger partial charge < -0.3 is 10.5 Å². The van der Waals surface area contributed by atoms with Gasteiger partial charge in [-0.2, -0.15) is 17.0 Å². The van der Waals surface area contributed by atoms with Crippen molar-refractivity contribution in [1.82, 2.24) is 8.61 Å². The molecule has 2 heterocycles. The summed E-state index contributed by atoms with van der Waals surface area (Å²) in [5.41, 5.74) is 5.75. The highest BCUT2D eigenvalue weighted by Crippen LogP contribution is 2.29. The molecule has 100 valence electrons. The van der Waals surface area contributed by atoms with Gasteiger partial charge in [-0.1, -0.05) is 13.8 Å². The largest absolute Gasteiger partial charge is 0.379 e. The van der Waals surface area contributed by atoms with Crippen molar-refractivity contribution in [3.8, 4) is 0 Å². The van der Waals surface area contributed by atoms with Crippen molar-refractivity contribution in [2.45, 2.75) is 19.4 Å². The van der Waals surface area contributed by atoms with Crippen molar-refractivity contribution in [1.29, 1.82) is 0 Å². The molecule has 0 aromatic heterocycles. The van der Waals surface area contributed by atoms with Gasteiger partial charge in [0, 0.05) is 31.7 Å². The van der Waals surface area contributed by atoms with Crippen molar-refractivity contribution < 1.29 is 13.2 Å². The first kappa shape index (κ1) is 13.2. The van der Waals surface area contributed by atoms with Gasteiger partial charge >= 0.3 is 0 Å². The van der Waals surface area contributed by atoms with Crippen molar-refractivity contribution in [2.24, 2.45) is 11.7 Å². The third-order valence-electron chi connectivity index (χ3n) is 3.71. The zero-order valence-corrected chi connectivity index (χ0v) is 11.2. The van der Waals surface area contributed by atoms with Crippen LogP contribution < -0.4 is 5.73 Å². The zero-order valence-electron chi connectivity index (χ0n) is 10.4. The molecule has 2 aliphatic rings. The van der Waals surface area contributed by atoms with Gasteiger partial charge in [-0.05, 0) is 5.92 Å². The molecule has 0 atom stereocenters. The number of nitrogens with two attached hydrogens (primary N) is 1. The SMILES string of the molecule is CC(C)C1(N)CN(S(=O)(=O)N2CCOCC2)C1. The van der Waals surface area contributed by atoms with E-state index in [1.165, 1.54) is 8.61 Å². The Kier molecular flexibility index (Phi) is 3.48. The smallest absolute Gasteiger partial charge is 0.282 e. The summed E-state index contributed by atoms with van der Waals surface area (Å²) in [6.45, 7) is 6.73. The molecule has 0 radical (unpaired) electrons. The average molecular weight is 263 g/mol. The minimum absolute atomic E-state index is 0.290. The van der Waals surface area contributed by atoms with Gasteiger partial charge in [-0.25, -0.2) is 0 Å². The molecule has 2 N–H and O–H groups in total. The Morgan fingerprint density at radius 2 is 1.71 bits per heavy atom. The Bertz CT molecular complexity index is 370. The van der Waals surface area contributed by atoms with Crippen LogP contribution in [0.5, 0.6) is 0 Å². The first-order chi connectivity index (χ1) is 7.86. The second kappa shape index (κ2) is 4.47. The summed E-state index contributed by atoms with van der Waals surface area (Å²) in [5, 5.41) is 0. The van der Waals surface area contributed by atoms with Crippen molar-refractivity contribution in [3.63, 3.8) is 0 Å². The lowest BCUT2D eigenvalue weighted by Gasteiger charge is -2.50. The number of nitrogens with zero attached hydrogens (tertiary/aromatic N) is 2. The number of rotatable bonds is 3. The molecule has 2 rings (SSSR count). The molecule has 7 heteroatoms. The van der Waals surface area contributed by atoms with E-state index in [0.717, 1.165) is 0 Å². The van der Waals surface area contributed by atoms with E-state index in [4.69, 9.17) is 10.5 Å². The third kappa shape index (κ3) is 2.34. The lowest BCUT2D eigenvalue weighted by Crippen LogP contribution is -2.72. The monoisotopic (exact) mass is 263 g/mol. The van der Waals surface area contributed by atoms with E-state index in [1.807, 2.05) is 13.8 Å². The highest BCUT2D eigenvalue weighted by Gasteiger charge is 2.48. The fraction of sp³-hybridized carbons (Fsp3) is 1.00. The van der Waals surface area contributed by atoms with E-state index in [0.29, 0.717) is 45.3 Å². The first-order valence-corrected chi connectivity index (χ1v) is 7.38. The molecule has 2 fully saturated rings. The van der Waals surface area contributed by atoms with E-state index >= 15 is 0 Å². The lowest BCUT2D eigenvalue weighted by atomic mass is 9.82. The number of ether oxygens (including phenoxy) is 1. The fourth-order valence-electron chi connectivity index (χ4n) is 2.08. The first-order valence-electron chi connectivity index (χ1n) is 5.98. The van der Waals surface area contributed by atoms with Crippen LogP contribution in [0.4, 0.5) is 0 Å². The maximum atomic E-state index is 12.2. The predicted molar refractivity (Wildman–Crippen MR) is 64.6 cm³/mol. The maximum Gasteiger partial charge on any atom is 0.282 e. The summed E-state index contributed by atoms with van der Waals surface area (Å²) in [5.74, 6) is 0.290. The molecule has 6 nitrogen and oxygen atoms in total. The van der Waals surface area contributed by atoms with E-state index in [9.17, 15) is 8.42 Å². The quantitative estimate of drug-likeness (QED) is 0.725. The molecule has 0 saturated carbocycles. The van der Waals surface area contributed by atoms with E-state index in [-0.39, 0.29) is 5.54 Å². The number of morpholine rings is 1. The van der Waals surface area contributed by atoms with Crippen LogP contribution in [0, 0.1) is 5.92 Å². The van der Waals surface area contributed by atoms with Crippen molar-refractivity contribution in [3.05, 3.63) is 0 Å². The average Bonchev–Trinajstić information content (AvgIpc) is 2.25. The van der Waals surface area contributed by atoms with Gasteiger partial charge in [0.05, 0.1) is 13.2 Å². The number of hydrogen-bond acceptors (Lipinski definition) is 4. The van der Waals surface area contributed by atoms with E-state index in [1.54, 1.807) is 0 Å². The highest BCUT2D eigenvalue weighted by atomic mass is 32.2. The summed E-state index contributed by atoms with van der Waals surface area (Å²) in [7, 11) is -3.32. The molecule has 2 aliphatic heterocycles. The normalized spacial score (nSPS) is 27.1. The van der Waals surface area contributed by atoms with Crippen LogP contribution in [-0.4, -0.2) is 62.0 Å². The van der Waals surface area contributed by atoms with Crippen LogP contribution in [0.1, 0.15) is 13.8 Å². The number of hydrogen-bond donors (Lipinski definition) is 1. The molecule has 0 bridgehead atoms. The van der Waals surface area contributed by atoms with Crippen LogP contribution in [0.15, 0.2) is 0 Å². The standard InChI is InChI=1S/C10H21N3O3S/c1-9(2)10(11)7-13(8-10)17(14,15)12-3-5-16-6-4-12/h9H,3-8,11H2,1-2H3. The molecule has 2 saturated heterocycles. The van der Waals surface area contributed by atoms with Gasteiger partial charge in [0.15, 0.2) is 0 Å². The van der Waals surface area contributed by atoms with Crippen LogP contribution in [0.3, 0.4) is 0 Å². The van der Waals surface area contributed by atoms with Gasteiger partial charge in [0.2, 0.25) is 0 Å². The second-order valence-corrected chi connectivity index (χ2v) is 7.10. The molecule has 0 amide bonds. The molecule has 0 spiro atoms. The van der Waals surface area contributed by atoms with Gasteiger partial charge in [0.1, 0.15) is 0 Å². The van der Waals surface area contributed by atoms with Crippen molar-refractivity contribution >= 4 is 10.2 Å². The Balaban J connectivity index is 1.99. The van der Waals surface area contributed by atoms with Gasteiger partial charge in [-0.15, -0.1) is 0 Å². The summed E-state index contributed by atoms with van der Waals surface area (Å²) < 4.78 is 32.5. The van der Waals surface area contributed by atoms with E-state index < -0.39 is 10.2 Å². The Hall–Kier alpha value is -0.210. The van der Waals surface area contributed by atoms with Crippen molar-refractivity contribution in [2.75, 3.05) is 39.4 Å². The van der Waals surface area contributed by atoms with Crippen LogP contribution in [0.2, 0.25) is 0 Å². The Labute approximate surface area is 103 Å². The van der Waals surface area contributed by atoms with Crippen LogP contribution in [-0.2, 0) is 14.9 Å². The third-order valence-corrected chi connectivity index (χ3v) is 5.64. The van der Waals surface area contributed by atoms with Crippen LogP contribution >= 0.6 is 0 Å². The predicted octanol–water partition coefficient (Wildman–Crippen LogP) is -0.767. The second-order valence-electron chi connectivity index (χ2n) is 5.18. The van der Waals surface area contributed by atoms with Gasteiger partial charge in [-0.3, -0.25) is 0 Å². The fourth-order valence-corrected chi connectivity index (χ4v) is 3.82. The molecule has 0 aromatic rings. The summed E-state index contributed by atoms with van der Waals surface area (Å²) >= 11 is 0. The molecular weight excluding hydrogens is 242 g/mol. The molecule has 0 unspecified atom stereocenters. The molecule has 17 heavy (non-hydrogen) atoms. The molecular formula is C10H21N3O3S. The maximum absolute atomic E-state index is 12.2. The van der Waals surface area contributed by atoms with Gasteiger partial charge in [0.25, 0.3) is 10.2 Å². The highest BCUT2D eigenvalue weighted by molar-refractivity contribution is 7.86. The molecule has 0 aromatic carbocycles. The summed E-state index contributed by atoms with van der Waals surface area (Å²) in [6, 6.07) is 0. The Morgan fingerprint density at radius 3 is 2.18 bits per heavy atom. The summed E-state index contributed by atoms with van der Waals surface area (Å²) in [6.07, 6.45) is 0. The topological polar surface area (TPSA) is 75.9 Å². The Morgan fingerprint density at radius 1 is 1.18 bits per heavy atom. The zero-order chi connectivity index (χ0) is 12.7. The van der Waals surface area contributed by atoms with E-state index in [2.05, 4.69) is 0 Å². The summed E-state index contributed by atoms with van der Waals surface area (Å²) in [4.78, 5) is 0. The minimum atomic E-state index is -3.32. The molecule has 0 aliphatic carbocycles.